The smallest absolute Gasteiger partial charge is 0.255 e. The molecule has 0 bridgehead atoms. The van der Waals surface area contributed by atoms with Crippen molar-refractivity contribution in [1.82, 2.24) is 9.88 Å². The Morgan fingerprint density at radius 1 is 1.18 bits per heavy atom. The molecule has 1 N–H and O–H groups in total. The maximum atomic E-state index is 12.6. The van der Waals surface area contributed by atoms with Crippen LogP contribution in [0.3, 0.4) is 0 Å². The van der Waals surface area contributed by atoms with Gasteiger partial charge in [-0.3, -0.25) is 4.79 Å². The zero-order valence-electron chi connectivity index (χ0n) is 13.7. The third-order valence-corrected chi connectivity index (χ3v) is 3.46. The number of hydrogen-bond acceptors (Lipinski definition) is 3. The van der Waals surface area contributed by atoms with Crippen molar-refractivity contribution in [3.05, 3.63) is 52.3 Å². The number of pyridine rings is 1. The summed E-state index contributed by atoms with van der Waals surface area (Å²) in [4.78, 5) is 12.6. The highest BCUT2D eigenvalue weighted by Gasteiger charge is 2.13. The third-order valence-electron chi connectivity index (χ3n) is 3.46. The molecule has 0 atom stereocenters. The molecule has 0 saturated heterocycles. The van der Waals surface area contributed by atoms with E-state index < -0.39 is 0 Å². The van der Waals surface area contributed by atoms with Gasteiger partial charge in [-0.2, -0.15) is 0 Å². The number of hydrogen-bond donors (Lipinski definition) is 1. The largest absolute Gasteiger partial charge is 0.490 e. The van der Waals surface area contributed by atoms with Crippen molar-refractivity contribution < 1.29 is 4.74 Å². The lowest BCUT2D eigenvalue weighted by atomic mass is 10.1. The van der Waals surface area contributed by atoms with Crippen molar-refractivity contribution in [3.63, 3.8) is 0 Å². The summed E-state index contributed by atoms with van der Waals surface area (Å²) in [6, 6.07) is 11.8. The van der Waals surface area contributed by atoms with Crippen LogP contribution in [-0.4, -0.2) is 17.7 Å². The lowest BCUT2D eigenvalue weighted by Crippen LogP contribution is -2.26. The minimum atomic E-state index is 0.0497. The molecule has 0 aliphatic carbocycles. The zero-order chi connectivity index (χ0) is 16.1. The zero-order valence-corrected chi connectivity index (χ0v) is 13.7. The molecule has 1 aromatic carbocycles. The minimum Gasteiger partial charge on any atom is -0.490 e. The Kier molecular flexibility index (Phi) is 5.39. The van der Waals surface area contributed by atoms with Gasteiger partial charge in [0.05, 0.1) is 11.8 Å². The molecule has 2 aromatic rings. The molecule has 22 heavy (non-hydrogen) atoms. The van der Waals surface area contributed by atoms with Crippen LogP contribution >= 0.6 is 0 Å². The maximum absolute atomic E-state index is 12.6. The number of nitrogens with zero attached hydrogens (tertiary/aromatic N) is 1. The van der Waals surface area contributed by atoms with Gasteiger partial charge in [0.25, 0.3) is 5.56 Å². The van der Waals surface area contributed by atoms with E-state index in [1.807, 2.05) is 64.2 Å². The second kappa shape index (κ2) is 7.27. The monoisotopic (exact) mass is 300 g/mol. The van der Waals surface area contributed by atoms with Crippen molar-refractivity contribution in [2.45, 2.75) is 40.0 Å². The molecule has 0 amide bonds. The first-order valence-electron chi connectivity index (χ1n) is 7.71. The molecule has 0 aliphatic rings. The molecular formula is C18H24N2O2. The van der Waals surface area contributed by atoms with Crippen molar-refractivity contribution in [3.8, 4) is 17.0 Å². The van der Waals surface area contributed by atoms with Crippen LogP contribution in [-0.2, 0) is 13.1 Å². The van der Waals surface area contributed by atoms with E-state index in [1.165, 1.54) is 0 Å². The summed E-state index contributed by atoms with van der Waals surface area (Å²) < 4.78 is 7.69. The topological polar surface area (TPSA) is 43.3 Å². The summed E-state index contributed by atoms with van der Waals surface area (Å²) in [5.41, 5.74) is 2.67. The van der Waals surface area contributed by atoms with Crippen LogP contribution in [0.15, 0.2) is 41.2 Å². The molecule has 0 spiro atoms. The van der Waals surface area contributed by atoms with Crippen molar-refractivity contribution in [2.24, 2.45) is 0 Å². The highest BCUT2D eigenvalue weighted by atomic mass is 16.5. The van der Waals surface area contributed by atoms with Gasteiger partial charge in [-0.05, 0) is 46.0 Å². The van der Waals surface area contributed by atoms with Crippen LogP contribution in [0.25, 0.3) is 11.3 Å². The fraction of sp³-hybridized carbons (Fsp3) is 0.389. The van der Waals surface area contributed by atoms with E-state index in [0.29, 0.717) is 13.1 Å². The first kappa shape index (κ1) is 16.3. The summed E-state index contributed by atoms with van der Waals surface area (Å²) in [5.74, 6) is 0.806. The minimum absolute atomic E-state index is 0.0497. The Morgan fingerprint density at radius 3 is 2.55 bits per heavy atom. The Labute approximate surface area is 131 Å². The van der Waals surface area contributed by atoms with E-state index in [9.17, 15) is 4.79 Å². The van der Waals surface area contributed by atoms with Crippen LogP contribution in [0, 0.1) is 0 Å². The summed E-state index contributed by atoms with van der Waals surface area (Å²) in [6.07, 6.45) is 0.0894. The lowest BCUT2D eigenvalue weighted by Gasteiger charge is -2.18. The van der Waals surface area contributed by atoms with Crippen LogP contribution in [0.5, 0.6) is 5.75 Å². The second-order valence-corrected chi connectivity index (χ2v) is 5.49. The molecule has 4 nitrogen and oxygen atoms in total. The van der Waals surface area contributed by atoms with E-state index >= 15 is 0 Å². The standard InChI is InChI=1S/C18H24N2O2/c1-5-20-16(11-10-14(12-19-4)18(20)21)15-8-6-7-9-17(15)22-13(2)3/h6-11,13,19H,5,12H2,1-4H3. The van der Waals surface area contributed by atoms with Crippen LogP contribution in [0.1, 0.15) is 26.3 Å². The van der Waals surface area contributed by atoms with Gasteiger partial charge in [-0.15, -0.1) is 0 Å². The van der Waals surface area contributed by atoms with Gasteiger partial charge < -0.3 is 14.6 Å². The summed E-state index contributed by atoms with van der Waals surface area (Å²) in [7, 11) is 1.84. The number of rotatable bonds is 6. The number of benzene rings is 1. The van der Waals surface area contributed by atoms with Gasteiger partial charge >= 0.3 is 0 Å². The number of nitrogens with one attached hydrogen (secondary N) is 1. The predicted octanol–water partition coefficient (Wildman–Crippen LogP) is 3.04. The molecule has 0 radical (unpaired) electrons. The first-order valence-corrected chi connectivity index (χ1v) is 7.71. The van der Waals surface area contributed by atoms with Crippen LogP contribution in [0.2, 0.25) is 0 Å². The SMILES string of the molecule is CCn1c(-c2ccccc2OC(C)C)ccc(CNC)c1=O. The van der Waals surface area contributed by atoms with E-state index in [4.69, 9.17) is 4.74 Å². The third kappa shape index (κ3) is 3.39. The molecule has 4 heteroatoms. The average molecular weight is 300 g/mol. The molecule has 1 aromatic heterocycles. The van der Waals surface area contributed by atoms with Gasteiger partial charge in [0, 0.05) is 24.2 Å². The van der Waals surface area contributed by atoms with Gasteiger partial charge in [-0.25, -0.2) is 0 Å². The van der Waals surface area contributed by atoms with Crippen LogP contribution < -0.4 is 15.6 Å². The molecular weight excluding hydrogens is 276 g/mol. The molecule has 1 heterocycles. The van der Waals surface area contributed by atoms with E-state index in [-0.39, 0.29) is 11.7 Å². The predicted molar refractivity (Wildman–Crippen MR) is 90.3 cm³/mol. The fourth-order valence-corrected chi connectivity index (χ4v) is 2.53. The Balaban J connectivity index is 2.58. The molecule has 0 fully saturated rings. The Bertz CT molecular complexity index is 690. The highest BCUT2D eigenvalue weighted by molar-refractivity contribution is 5.67. The van der Waals surface area contributed by atoms with Crippen LogP contribution in [0.4, 0.5) is 0 Å². The van der Waals surface area contributed by atoms with E-state index in [0.717, 1.165) is 22.6 Å². The molecule has 0 unspecified atom stereocenters. The average Bonchev–Trinajstić information content (AvgIpc) is 2.49. The maximum Gasteiger partial charge on any atom is 0.255 e. The lowest BCUT2D eigenvalue weighted by molar-refractivity contribution is 0.243. The highest BCUT2D eigenvalue weighted by Crippen LogP contribution is 2.30. The Morgan fingerprint density at radius 2 is 1.91 bits per heavy atom. The number of ether oxygens (including phenoxy) is 1. The summed E-state index contributed by atoms with van der Waals surface area (Å²) >= 11 is 0. The molecule has 118 valence electrons. The summed E-state index contributed by atoms with van der Waals surface area (Å²) in [5, 5.41) is 3.03. The van der Waals surface area contributed by atoms with Gasteiger partial charge in [0.1, 0.15) is 5.75 Å². The van der Waals surface area contributed by atoms with Gasteiger partial charge in [-0.1, -0.05) is 18.2 Å². The molecule has 0 aliphatic heterocycles. The number of aromatic nitrogens is 1. The molecule has 2 rings (SSSR count). The van der Waals surface area contributed by atoms with Gasteiger partial charge in [0.15, 0.2) is 0 Å². The quantitative estimate of drug-likeness (QED) is 0.891. The Hall–Kier alpha value is -2.07. The van der Waals surface area contributed by atoms with Crippen molar-refractivity contribution >= 4 is 0 Å². The van der Waals surface area contributed by atoms with Gasteiger partial charge in [0.2, 0.25) is 0 Å². The second-order valence-electron chi connectivity index (χ2n) is 5.49. The summed E-state index contributed by atoms with van der Waals surface area (Å²) in [6.45, 7) is 7.18. The van der Waals surface area contributed by atoms with Crippen molar-refractivity contribution in [2.75, 3.05) is 7.05 Å². The fourth-order valence-electron chi connectivity index (χ4n) is 2.53. The normalized spacial score (nSPS) is 11.0. The molecule has 0 saturated carbocycles. The number of para-hydroxylation sites is 1. The van der Waals surface area contributed by atoms with E-state index in [1.54, 1.807) is 4.57 Å². The van der Waals surface area contributed by atoms with Crippen molar-refractivity contribution in [1.29, 1.82) is 0 Å². The van der Waals surface area contributed by atoms with E-state index in [2.05, 4.69) is 5.32 Å². The first-order chi connectivity index (χ1) is 10.6.